The Morgan fingerprint density at radius 3 is 2.62 bits per heavy atom. The first-order valence-corrected chi connectivity index (χ1v) is 8.89. The van der Waals surface area contributed by atoms with Crippen LogP contribution in [0.2, 0.25) is 5.02 Å². The van der Waals surface area contributed by atoms with Gasteiger partial charge in [0.25, 0.3) is 0 Å². The van der Waals surface area contributed by atoms with E-state index in [0.29, 0.717) is 23.6 Å². The molecular weight excluding hydrogens is 354 g/mol. The van der Waals surface area contributed by atoms with Gasteiger partial charge in [0, 0.05) is 24.1 Å². The van der Waals surface area contributed by atoms with E-state index < -0.39 is 23.3 Å². The molecule has 138 valence electrons. The maximum atomic E-state index is 11.5. The Kier molecular flexibility index (Phi) is 6.38. The topological polar surface area (TPSA) is 103 Å². The highest BCUT2D eigenvalue weighted by Crippen LogP contribution is 2.40. The summed E-state index contributed by atoms with van der Waals surface area (Å²) in [4.78, 5) is 27.5. The van der Waals surface area contributed by atoms with Crippen LogP contribution in [0.1, 0.15) is 51.1 Å². The summed E-state index contributed by atoms with van der Waals surface area (Å²) >= 11 is 5.91. The molecule has 1 saturated carbocycles. The lowest BCUT2D eigenvalue weighted by molar-refractivity contribution is -0.142. The summed E-state index contributed by atoms with van der Waals surface area (Å²) in [6.07, 6.45) is 1.98. The Labute approximate surface area is 157 Å². The summed E-state index contributed by atoms with van der Waals surface area (Å²) in [5, 5.41) is 22.3. The predicted molar refractivity (Wildman–Crippen MR) is 99.1 cm³/mol. The molecule has 1 aromatic carbocycles. The average molecular weight is 376 g/mol. The third-order valence-electron chi connectivity index (χ3n) is 4.71. The fraction of sp³-hybridized carbons (Fsp3) is 0.474. The van der Waals surface area contributed by atoms with E-state index in [-0.39, 0.29) is 12.5 Å². The number of aliphatic carboxylic acids is 1. The molecule has 1 amide bonds. The smallest absolute Gasteiger partial charge is 0.326 e. The summed E-state index contributed by atoms with van der Waals surface area (Å²) in [7, 11) is 0. The van der Waals surface area contributed by atoms with Crippen molar-refractivity contribution in [2.45, 2.75) is 51.6 Å². The number of hydrogen-bond donors (Lipinski definition) is 2. The molecule has 6 nitrogen and oxygen atoms in total. The van der Waals surface area contributed by atoms with Gasteiger partial charge in [0.1, 0.15) is 6.04 Å². The molecule has 3 atom stereocenters. The summed E-state index contributed by atoms with van der Waals surface area (Å²) in [6.45, 7) is 3.19. The lowest BCUT2D eigenvalue weighted by Gasteiger charge is -2.26. The summed E-state index contributed by atoms with van der Waals surface area (Å²) in [5.74, 6) is -1.58. The summed E-state index contributed by atoms with van der Waals surface area (Å²) in [6, 6.07) is 8.36. The summed E-state index contributed by atoms with van der Waals surface area (Å²) < 4.78 is 0. The van der Waals surface area contributed by atoms with Gasteiger partial charge in [-0.1, -0.05) is 23.7 Å². The van der Waals surface area contributed by atoms with E-state index in [1.165, 1.54) is 6.92 Å². The Morgan fingerprint density at radius 2 is 2.08 bits per heavy atom. The van der Waals surface area contributed by atoms with Crippen LogP contribution in [0.4, 0.5) is 0 Å². The number of carboxylic acid groups (broad SMARTS) is 1. The molecule has 1 aliphatic carbocycles. The zero-order valence-corrected chi connectivity index (χ0v) is 15.6. The normalized spacial score (nSPS) is 23.2. The third kappa shape index (κ3) is 4.61. The minimum Gasteiger partial charge on any atom is -0.480 e. The third-order valence-corrected chi connectivity index (χ3v) is 4.97. The van der Waals surface area contributed by atoms with Crippen molar-refractivity contribution in [3.8, 4) is 6.07 Å². The fourth-order valence-corrected chi connectivity index (χ4v) is 3.48. The van der Waals surface area contributed by atoms with E-state index in [1.807, 2.05) is 19.1 Å². The van der Waals surface area contributed by atoms with Crippen molar-refractivity contribution in [3.63, 3.8) is 0 Å². The second-order valence-corrected chi connectivity index (χ2v) is 7.08. The van der Waals surface area contributed by atoms with E-state index in [9.17, 15) is 20.0 Å². The number of amides is 1. The number of nitrogens with one attached hydrogen (secondary N) is 1. The van der Waals surface area contributed by atoms with E-state index in [1.54, 1.807) is 12.1 Å². The molecule has 2 N–H and O–H groups in total. The number of carbonyl (C=O) groups is 2. The molecule has 1 fully saturated rings. The molecule has 2 rings (SSSR count). The Bertz CT molecular complexity index is 754. The van der Waals surface area contributed by atoms with Crippen LogP contribution >= 0.6 is 11.6 Å². The highest BCUT2D eigenvalue weighted by atomic mass is 35.5. The predicted octanol–water partition coefficient (Wildman–Crippen LogP) is 3.52. The second-order valence-electron chi connectivity index (χ2n) is 6.65. The molecule has 0 heterocycles. The van der Waals surface area contributed by atoms with Crippen LogP contribution in [0.15, 0.2) is 29.3 Å². The van der Waals surface area contributed by atoms with Gasteiger partial charge in [0.05, 0.1) is 17.5 Å². The van der Waals surface area contributed by atoms with Crippen molar-refractivity contribution in [3.05, 3.63) is 34.9 Å². The minimum absolute atomic E-state index is 0.0184. The molecule has 7 heteroatoms. The summed E-state index contributed by atoms with van der Waals surface area (Å²) in [5.41, 5.74) is 0.711. The molecule has 1 aliphatic rings. The number of nitrogens with zero attached hydrogens (tertiary/aromatic N) is 2. The molecule has 0 aliphatic heterocycles. The highest BCUT2D eigenvalue weighted by Gasteiger charge is 2.44. The van der Waals surface area contributed by atoms with Gasteiger partial charge in [-0.05, 0) is 43.9 Å². The van der Waals surface area contributed by atoms with Crippen LogP contribution in [0.5, 0.6) is 0 Å². The molecule has 0 spiro atoms. The molecule has 1 aromatic rings. The number of carbonyl (C=O) groups excluding carboxylic acids is 1. The van der Waals surface area contributed by atoms with Crippen molar-refractivity contribution in [2.24, 2.45) is 10.4 Å². The highest BCUT2D eigenvalue weighted by molar-refractivity contribution is 6.30. The molecule has 0 unspecified atom stereocenters. The van der Waals surface area contributed by atoms with Gasteiger partial charge in [-0.25, -0.2) is 4.79 Å². The molecule has 0 aromatic heterocycles. The van der Waals surface area contributed by atoms with Gasteiger partial charge in [-0.15, -0.1) is 0 Å². The van der Waals surface area contributed by atoms with Gasteiger partial charge in [0.2, 0.25) is 5.91 Å². The van der Waals surface area contributed by atoms with Crippen LogP contribution < -0.4 is 5.32 Å². The fourth-order valence-electron chi connectivity index (χ4n) is 3.36. The largest absolute Gasteiger partial charge is 0.480 e. The molecule has 0 radical (unpaired) electrons. The van der Waals surface area contributed by atoms with E-state index in [4.69, 9.17) is 16.6 Å². The standard InChI is InChI=1S/C19H22ClN3O3/c1-12(14-5-7-15(20)8-6-14)22-17-4-3-9-19(17,11-21)10-16(18(25)26)23-13(2)24/h5-8,12,16H,3-4,9-10H2,1-2H3,(H,23,24)(H,25,26)/t12-,16-,19+/m0/s1. The van der Waals surface area contributed by atoms with Crippen LogP contribution in [0.25, 0.3) is 0 Å². The number of hydrogen-bond acceptors (Lipinski definition) is 4. The number of carboxylic acids is 1. The van der Waals surface area contributed by atoms with Crippen molar-refractivity contribution >= 4 is 29.2 Å². The molecular formula is C19H22ClN3O3. The maximum absolute atomic E-state index is 11.5. The van der Waals surface area contributed by atoms with Gasteiger partial charge in [0.15, 0.2) is 0 Å². The van der Waals surface area contributed by atoms with Gasteiger partial charge in [-0.2, -0.15) is 5.26 Å². The number of nitriles is 1. The lowest BCUT2D eigenvalue weighted by Crippen LogP contribution is -2.44. The Balaban J connectivity index is 2.29. The zero-order chi connectivity index (χ0) is 19.3. The quantitative estimate of drug-likeness (QED) is 0.793. The van der Waals surface area contributed by atoms with E-state index in [2.05, 4.69) is 11.4 Å². The lowest BCUT2D eigenvalue weighted by atomic mass is 9.79. The first kappa shape index (κ1) is 19.9. The van der Waals surface area contributed by atoms with Crippen molar-refractivity contribution in [2.75, 3.05) is 0 Å². The van der Waals surface area contributed by atoms with E-state index >= 15 is 0 Å². The van der Waals surface area contributed by atoms with Crippen LogP contribution in [-0.4, -0.2) is 28.7 Å². The number of halogens is 1. The number of rotatable bonds is 6. The zero-order valence-electron chi connectivity index (χ0n) is 14.8. The monoisotopic (exact) mass is 375 g/mol. The van der Waals surface area contributed by atoms with Gasteiger partial charge in [-0.3, -0.25) is 9.79 Å². The van der Waals surface area contributed by atoms with Crippen LogP contribution in [0.3, 0.4) is 0 Å². The van der Waals surface area contributed by atoms with Gasteiger partial charge >= 0.3 is 5.97 Å². The second kappa shape index (κ2) is 8.33. The molecule has 0 saturated heterocycles. The van der Waals surface area contributed by atoms with Crippen molar-refractivity contribution < 1.29 is 14.7 Å². The number of benzene rings is 1. The van der Waals surface area contributed by atoms with E-state index in [0.717, 1.165) is 12.0 Å². The SMILES string of the molecule is CC(=O)N[C@@H](C[C@@]1(C#N)CCCC1=N[C@@H](C)c1ccc(Cl)cc1)C(=O)O. The molecule has 26 heavy (non-hydrogen) atoms. The van der Waals surface area contributed by atoms with Crippen LogP contribution in [0, 0.1) is 16.7 Å². The maximum Gasteiger partial charge on any atom is 0.326 e. The first-order valence-electron chi connectivity index (χ1n) is 8.51. The first-order chi connectivity index (χ1) is 12.3. The minimum atomic E-state index is -1.15. The van der Waals surface area contributed by atoms with Crippen molar-refractivity contribution in [1.82, 2.24) is 5.32 Å². The molecule has 0 bridgehead atoms. The van der Waals surface area contributed by atoms with Gasteiger partial charge < -0.3 is 10.4 Å². The Hall–Kier alpha value is -2.39. The number of aliphatic imine (C=N–C) groups is 1. The average Bonchev–Trinajstić information content (AvgIpc) is 2.97. The van der Waals surface area contributed by atoms with Crippen molar-refractivity contribution in [1.29, 1.82) is 5.26 Å². The Morgan fingerprint density at radius 1 is 1.42 bits per heavy atom. The van der Waals surface area contributed by atoms with Crippen LogP contribution in [-0.2, 0) is 9.59 Å².